The Kier molecular flexibility index (Phi) is 3.16. The van der Waals surface area contributed by atoms with Crippen LogP contribution in [0.15, 0.2) is 10.9 Å². The Labute approximate surface area is 109 Å². The first kappa shape index (κ1) is 12.7. The molecule has 0 unspecified atom stereocenters. The molecule has 2 aromatic heterocycles. The number of nitrogens with one attached hydrogen (secondary N) is 1. The maximum absolute atomic E-state index is 12.1. The molecule has 0 aliphatic carbocycles. The normalized spacial score (nSPS) is 11.2. The second kappa shape index (κ2) is 4.49. The summed E-state index contributed by atoms with van der Waals surface area (Å²) in [4.78, 5) is 12.1. The Bertz CT molecular complexity index is 694. The zero-order valence-electron chi connectivity index (χ0n) is 10.8. The van der Waals surface area contributed by atoms with Crippen molar-refractivity contribution in [3.63, 3.8) is 0 Å². The Balaban J connectivity index is 2.75. The summed E-state index contributed by atoms with van der Waals surface area (Å²) < 4.78 is 3.49. The number of nitrogens with zero attached hydrogens (tertiary/aromatic N) is 4. The maximum atomic E-state index is 12.1. The number of hydrogen-bond acceptors (Lipinski definition) is 4. The van der Waals surface area contributed by atoms with Gasteiger partial charge in [0.25, 0.3) is 5.56 Å². The molecule has 0 aliphatic heterocycles. The second-order valence-corrected chi connectivity index (χ2v) is 4.86. The molecule has 6 nitrogen and oxygen atoms in total. The fraction of sp³-hybridized carbons (Fsp3) is 0.455. The Morgan fingerprint density at radius 2 is 2.06 bits per heavy atom. The highest BCUT2D eigenvalue weighted by atomic mass is 32.1. The Hall–Kier alpha value is -1.76. The van der Waals surface area contributed by atoms with Crippen LogP contribution in [0.5, 0.6) is 0 Å². The standard InChI is InChI=1S/C11H15N5OS/c1-6(2)8-5-7(10(17)16(4)14-8)9-12-13-11(18)15(9)3/h5-6H,1-4H3,(H,13,18). The summed E-state index contributed by atoms with van der Waals surface area (Å²) in [6.07, 6.45) is 0. The van der Waals surface area contributed by atoms with Gasteiger partial charge in [0.2, 0.25) is 0 Å². The largest absolute Gasteiger partial charge is 0.303 e. The summed E-state index contributed by atoms with van der Waals surface area (Å²) in [5.41, 5.74) is 1.17. The van der Waals surface area contributed by atoms with Gasteiger partial charge in [-0.05, 0) is 24.2 Å². The lowest BCUT2D eigenvalue weighted by molar-refractivity contribution is 0.653. The Morgan fingerprint density at radius 1 is 1.39 bits per heavy atom. The van der Waals surface area contributed by atoms with Gasteiger partial charge in [0.15, 0.2) is 10.6 Å². The predicted molar refractivity (Wildman–Crippen MR) is 71.0 cm³/mol. The molecular weight excluding hydrogens is 250 g/mol. The number of hydrogen-bond donors (Lipinski definition) is 1. The van der Waals surface area contributed by atoms with Crippen LogP contribution in [0.1, 0.15) is 25.5 Å². The average Bonchev–Trinajstić information content (AvgIpc) is 2.63. The summed E-state index contributed by atoms with van der Waals surface area (Å²) in [6, 6.07) is 1.78. The molecule has 1 N–H and O–H groups in total. The number of aromatic amines is 1. The van der Waals surface area contributed by atoms with Gasteiger partial charge in [-0.15, -0.1) is 0 Å². The molecule has 0 spiro atoms. The summed E-state index contributed by atoms with van der Waals surface area (Å²) >= 11 is 5.06. The van der Waals surface area contributed by atoms with Gasteiger partial charge in [0.1, 0.15) is 0 Å². The zero-order chi connectivity index (χ0) is 13.4. The lowest BCUT2D eigenvalue weighted by Gasteiger charge is -2.09. The van der Waals surface area contributed by atoms with Crippen molar-refractivity contribution >= 4 is 12.2 Å². The smallest absolute Gasteiger partial charge is 0.277 e. The molecule has 0 radical (unpaired) electrons. The SMILES string of the molecule is CC(C)c1cc(-c2n[nH]c(=S)n2C)c(=O)n(C)n1. The molecule has 0 aromatic carbocycles. The molecule has 2 heterocycles. The molecule has 18 heavy (non-hydrogen) atoms. The van der Waals surface area contributed by atoms with E-state index in [9.17, 15) is 4.79 Å². The summed E-state index contributed by atoms with van der Waals surface area (Å²) in [5, 5.41) is 11.0. The molecule has 0 saturated carbocycles. The van der Waals surface area contributed by atoms with Crippen molar-refractivity contribution in [3.05, 3.63) is 26.9 Å². The van der Waals surface area contributed by atoms with Crippen LogP contribution < -0.4 is 5.56 Å². The van der Waals surface area contributed by atoms with Crippen LogP contribution in [0.2, 0.25) is 0 Å². The minimum Gasteiger partial charge on any atom is -0.303 e. The molecule has 0 aliphatic rings. The van der Waals surface area contributed by atoms with E-state index >= 15 is 0 Å². The van der Waals surface area contributed by atoms with Crippen LogP contribution in [0.4, 0.5) is 0 Å². The van der Waals surface area contributed by atoms with Gasteiger partial charge in [-0.1, -0.05) is 13.8 Å². The van der Waals surface area contributed by atoms with Gasteiger partial charge >= 0.3 is 0 Å². The lowest BCUT2D eigenvalue weighted by atomic mass is 10.1. The van der Waals surface area contributed by atoms with Crippen molar-refractivity contribution in [1.29, 1.82) is 0 Å². The fourth-order valence-corrected chi connectivity index (χ4v) is 1.79. The van der Waals surface area contributed by atoms with E-state index in [1.54, 1.807) is 24.7 Å². The van der Waals surface area contributed by atoms with Crippen molar-refractivity contribution in [2.24, 2.45) is 14.1 Å². The van der Waals surface area contributed by atoms with Gasteiger partial charge in [-0.25, -0.2) is 4.68 Å². The van der Waals surface area contributed by atoms with Crippen LogP contribution in [0.25, 0.3) is 11.4 Å². The fourth-order valence-electron chi connectivity index (χ4n) is 1.66. The lowest BCUT2D eigenvalue weighted by Crippen LogP contribution is -2.24. The topological polar surface area (TPSA) is 68.5 Å². The van der Waals surface area contributed by atoms with Gasteiger partial charge in [0, 0.05) is 14.1 Å². The van der Waals surface area contributed by atoms with Crippen LogP contribution in [-0.4, -0.2) is 24.5 Å². The molecule has 7 heteroatoms. The Morgan fingerprint density at radius 3 is 2.56 bits per heavy atom. The van der Waals surface area contributed by atoms with Crippen LogP contribution >= 0.6 is 12.2 Å². The average molecular weight is 265 g/mol. The van der Waals surface area contributed by atoms with Gasteiger partial charge < -0.3 is 4.57 Å². The number of aromatic nitrogens is 5. The molecule has 0 saturated heterocycles. The minimum absolute atomic E-state index is 0.184. The van der Waals surface area contributed by atoms with Gasteiger partial charge in [0.05, 0.1) is 11.3 Å². The van der Waals surface area contributed by atoms with Crippen molar-refractivity contribution in [2.75, 3.05) is 0 Å². The van der Waals surface area contributed by atoms with Crippen molar-refractivity contribution < 1.29 is 0 Å². The van der Waals surface area contributed by atoms with E-state index in [0.717, 1.165) is 5.69 Å². The van der Waals surface area contributed by atoms with E-state index in [4.69, 9.17) is 12.2 Å². The quantitative estimate of drug-likeness (QED) is 0.832. The highest BCUT2D eigenvalue weighted by molar-refractivity contribution is 7.71. The molecule has 96 valence electrons. The highest BCUT2D eigenvalue weighted by Gasteiger charge is 2.14. The van der Waals surface area contributed by atoms with E-state index in [0.29, 0.717) is 16.2 Å². The summed E-state index contributed by atoms with van der Waals surface area (Å²) in [6.45, 7) is 4.05. The molecule has 2 rings (SSSR count). The van der Waals surface area contributed by atoms with Crippen molar-refractivity contribution in [3.8, 4) is 11.4 Å². The second-order valence-electron chi connectivity index (χ2n) is 4.48. The van der Waals surface area contributed by atoms with E-state index in [1.807, 2.05) is 13.8 Å². The molecule has 0 atom stereocenters. The molecule has 0 amide bonds. The van der Waals surface area contributed by atoms with E-state index in [-0.39, 0.29) is 11.5 Å². The first-order valence-electron chi connectivity index (χ1n) is 5.62. The van der Waals surface area contributed by atoms with Crippen molar-refractivity contribution in [1.82, 2.24) is 24.5 Å². The summed E-state index contributed by atoms with van der Waals surface area (Å²) in [7, 11) is 3.41. The van der Waals surface area contributed by atoms with Gasteiger partial charge in [-0.2, -0.15) is 10.2 Å². The minimum atomic E-state index is -0.184. The van der Waals surface area contributed by atoms with E-state index in [1.165, 1.54) is 4.68 Å². The molecule has 2 aromatic rings. The van der Waals surface area contributed by atoms with Crippen LogP contribution in [-0.2, 0) is 14.1 Å². The zero-order valence-corrected chi connectivity index (χ0v) is 11.6. The first-order chi connectivity index (χ1) is 8.41. The molecule has 0 bridgehead atoms. The van der Waals surface area contributed by atoms with Crippen molar-refractivity contribution in [2.45, 2.75) is 19.8 Å². The predicted octanol–water partition coefficient (Wildman–Crippen LogP) is 1.36. The van der Waals surface area contributed by atoms with Crippen LogP contribution in [0, 0.1) is 4.77 Å². The highest BCUT2D eigenvalue weighted by Crippen LogP contribution is 2.16. The van der Waals surface area contributed by atoms with Gasteiger partial charge in [-0.3, -0.25) is 9.89 Å². The third-order valence-electron chi connectivity index (χ3n) is 2.79. The first-order valence-corrected chi connectivity index (χ1v) is 6.02. The number of H-pyrrole nitrogens is 1. The third-order valence-corrected chi connectivity index (χ3v) is 3.16. The van der Waals surface area contributed by atoms with E-state index < -0.39 is 0 Å². The molecule has 0 fully saturated rings. The third kappa shape index (κ3) is 2.01. The summed E-state index contributed by atoms with van der Waals surface area (Å²) in [5.74, 6) is 0.771. The maximum Gasteiger partial charge on any atom is 0.277 e. The number of rotatable bonds is 2. The van der Waals surface area contributed by atoms with Crippen LogP contribution in [0.3, 0.4) is 0 Å². The van der Waals surface area contributed by atoms with E-state index in [2.05, 4.69) is 15.3 Å². The molecular formula is C11H15N5OS. The number of aryl methyl sites for hydroxylation is 1. The monoisotopic (exact) mass is 265 g/mol.